The summed E-state index contributed by atoms with van der Waals surface area (Å²) in [5.74, 6) is -0.576. The highest BCUT2D eigenvalue weighted by Gasteiger charge is 2.22. The highest BCUT2D eigenvalue weighted by atomic mass is 16.4. The summed E-state index contributed by atoms with van der Waals surface area (Å²) in [6, 6.07) is 7.94. The Morgan fingerprint density at radius 2 is 2.04 bits per heavy atom. The Morgan fingerprint density at radius 3 is 2.73 bits per heavy atom. The molecule has 1 aliphatic heterocycles. The van der Waals surface area contributed by atoms with Crippen molar-refractivity contribution in [1.29, 1.82) is 0 Å². The van der Waals surface area contributed by atoms with Gasteiger partial charge in [0, 0.05) is 32.2 Å². The van der Waals surface area contributed by atoms with Crippen LogP contribution in [0.15, 0.2) is 39.9 Å². The number of anilines is 1. The standard InChI is InChI=1S/C18H22N4O4/c1-20-16(23)9-15(21-8-4-6-13(19)11-21)22(18(20)26)10-12-5-2-3-7-14(12)17(24)25/h2-3,5,7,9,13H,4,6,8,10-11,19H2,1H3,(H,24,25)/t13-/m0/s1. The second-order valence-electron chi connectivity index (χ2n) is 6.58. The topological polar surface area (TPSA) is 111 Å². The number of nitrogens with zero attached hydrogens (tertiary/aromatic N) is 3. The van der Waals surface area contributed by atoms with Crippen molar-refractivity contribution in [3.05, 3.63) is 62.3 Å². The van der Waals surface area contributed by atoms with Crippen LogP contribution in [-0.4, -0.2) is 39.3 Å². The molecule has 8 nitrogen and oxygen atoms in total. The first-order chi connectivity index (χ1) is 12.4. The molecule has 0 spiro atoms. The molecule has 1 atom stereocenters. The van der Waals surface area contributed by atoms with Gasteiger partial charge in [0.25, 0.3) is 5.56 Å². The highest BCUT2D eigenvalue weighted by Crippen LogP contribution is 2.19. The molecule has 0 aliphatic carbocycles. The van der Waals surface area contributed by atoms with Gasteiger partial charge in [-0.2, -0.15) is 0 Å². The lowest BCUT2D eigenvalue weighted by Gasteiger charge is -2.34. The number of hydrogen-bond donors (Lipinski definition) is 2. The largest absolute Gasteiger partial charge is 0.478 e. The summed E-state index contributed by atoms with van der Waals surface area (Å²) in [5, 5.41) is 9.39. The molecule has 8 heteroatoms. The highest BCUT2D eigenvalue weighted by molar-refractivity contribution is 5.89. The van der Waals surface area contributed by atoms with E-state index in [9.17, 15) is 19.5 Å². The number of carboxylic acids is 1. The predicted octanol–water partition coefficient (Wildman–Crippen LogP) is 0.221. The van der Waals surface area contributed by atoms with E-state index in [1.165, 1.54) is 23.7 Å². The summed E-state index contributed by atoms with van der Waals surface area (Å²) < 4.78 is 2.47. The van der Waals surface area contributed by atoms with Gasteiger partial charge < -0.3 is 15.7 Å². The number of aromatic carboxylic acids is 1. The molecule has 138 valence electrons. The van der Waals surface area contributed by atoms with Crippen molar-refractivity contribution in [2.75, 3.05) is 18.0 Å². The van der Waals surface area contributed by atoms with E-state index < -0.39 is 17.2 Å². The second kappa shape index (κ2) is 7.17. The second-order valence-corrected chi connectivity index (χ2v) is 6.58. The third-order valence-electron chi connectivity index (χ3n) is 4.74. The van der Waals surface area contributed by atoms with Gasteiger partial charge in [0.1, 0.15) is 5.82 Å². The van der Waals surface area contributed by atoms with Gasteiger partial charge >= 0.3 is 11.7 Å². The van der Waals surface area contributed by atoms with Crippen LogP contribution in [0.4, 0.5) is 5.82 Å². The molecule has 1 aromatic heterocycles. The predicted molar refractivity (Wildman–Crippen MR) is 97.9 cm³/mol. The number of carboxylic acid groups (broad SMARTS) is 1. The Balaban J connectivity index is 2.12. The monoisotopic (exact) mass is 358 g/mol. The number of rotatable bonds is 4. The van der Waals surface area contributed by atoms with Crippen molar-refractivity contribution in [3.8, 4) is 0 Å². The summed E-state index contributed by atoms with van der Waals surface area (Å²) in [4.78, 5) is 38.3. The van der Waals surface area contributed by atoms with E-state index in [0.717, 1.165) is 17.4 Å². The molecular formula is C18H22N4O4. The molecule has 1 saturated heterocycles. The molecule has 1 aromatic carbocycles. The first kappa shape index (κ1) is 17.9. The number of benzene rings is 1. The van der Waals surface area contributed by atoms with Gasteiger partial charge in [-0.15, -0.1) is 0 Å². The van der Waals surface area contributed by atoms with Crippen LogP contribution in [0.2, 0.25) is 0 Å². The lowest BCUT2D eigenvalue weighted by atomic mass is 10.1. The zero-order valence-corrected chi connectivity index (χ0v) is 14.6. The van der Waals surface area contributed by atoms with Crippen LogP contribution in [0.5, 0.6) is 0 Å². The van der Waals surface area contributed by atoms with Gasteiger partial charge in [-0.3, -0.25) is 13.9 Å². The van der Waals surface area contributed by atoms with Crippen molar-refractivity contribution in [2.45, 2.75) is 25.4 Å². The minimum Gasteiger partial charge on any atom is -0.478 e. The van der Waals surface area contributed by atoms with Crippen molar-refractivity contribution in [1.82, 2.24) is 9.13 Å². The van der Waals surface area contributed by atoms with E-state index in [1.54, 1.807) is 18.2 Å². The van der Waals surface area contributed by atoms with Crippen LogP contribution >= 0.6 is 0 Å². The molecule has 1 aliphatic rings. The summed E-state index contributed by atoms with van der Waals surface area (Å²) >= 11 is 0. The lowest BCUT2D eigenvalue weighted by molar-refractivity contribution is 0.0695. The van der Waals surface area contributed by atoms with Gasteiger partial charge in [0.05, 0.1) is 12.1 Å². The maximum absolute atomic E-state index is 12.7. The lowest BCUT2D eigenvalue weighted by Crippen LogP contribution is -2.47. The number of nitrogens with two attached hydrogens (primary N) is 1. The Morgan fingerprint density at radius 1 is 1.31 bits per heavy atom. The summed E-state index contributed by atoms with van der Waals surface area (Å²) in [6.07, 6.45) is 1.77. The fourth-order valence-corrected chi connectivity index (χ4v) is 3.32. The van der Waals surface area contributed by atoms with Crippen molar-refractivity contribution >= 4 is 11.8 Å². The maximum atomic E-state index is 12.7. The molecule has 0 amide bonds. The van der Waals surface area contributed by atoms with E-state index >= 15 is 0 Å². The average Bonchev–Trinajstić information content (AvgIpc) is 2.62. The molecule has 2 aromatic rings. The average molecular weight is 358 g/mol. The van der Waals surface area contributed by atoms with Crippen LogP contribution in [0.1, 0.15) is 28.8 Å². The van der Waals surface area contributed by atoms with Crippen LogP contribution in [-0.2, 0) is 13.6 Å². The fourth-order valence-electron chi connectivity index (χ4n) is 3.32. The number of hydrogen-bond acceptors (Lipinski definition) is 5. The normalized spacial score (nSPS) is 17.3. The van der Waals surface area contributed by atoms with Crippen LogP contribution in [0.3, 0.4) is 0 Å². The maximum Gasteiger partial charge on any atom is 0.336 e. The molecule has 2 heterocycles. The fraction of sp³-hybridized carbons (Fsp3) is 0.389. The summed E-state index contributed by atoms with van der Waals surface area (Å²) in [6.45, 7) is 1.31. The van der Waals surface area contributed by atoms with Gasteiger partial charge in [-0.1, -0.05) is 18.2 Å². The molecule has 3 rings (SSSR count). The molecule has 0 radical (unpaired) electrons. The molecular weight excluding hydrogens is 336 g/mol. The van der Waals surface area contributed by atoms with Crippen LogP contribution in [0, 0.1) is 0 Å². The third kappa shape index (κ3) is 3.41. The van der Waals surface area contributed by atoms with Crippen molar-refractivity contribution in [3.63, 3.8) is 0 Å². The number of carbonyl (C=O) groups is 1. The minimum absolute atomic E-state index is 0.0253. The smallest absolute Gasteiger partial charge is 0.336 e. The van der Waals surface area contributed by atoms with E-state index in [0.29, 0.717) is 24.5 Å². The van der Waals surface area contributed by atoms with Crippen LogP contribution in [0.25, 0.3) is 0 Å². The van der Waals surface area contributed by atoms with Crippen LogP contribution < -0.4 is 21.9 Å². The zero-order valence-electron chi connectivity index (χ0n) is 14.6. The number of aromatic nitrogens is 2. The minimum atomic E-state index is -1.06. The van der Waals surface area contributed by atoms with Gasteiger partial charge in [0.2, 0.25) is 0 Å². The molecule has 0 unspecified atom stereocenters. The van der Waals surface area contributed by atoms with Gasteiger partial charge in [-0.25, -0.2) is 9.59 Å². The first-order valence-corrected chi connectivity index (χ1v) is 8.51. The zero-order chi connectivity index (χ0) is 18.8. The van der Waals surface area contributed by atoms with E-state index in [1.807, 2.05) is 4.90 Å². The van der Waals surface area contributed by atoms with Gasteiger partial charge in [0.15, 0.2) is 0 Å². The van der Waals surface area contributed by atoms with Crippen molar-refractivity contribution < 1.29 is 9.90 Å². The van der Waals surface area contributed by atoms with E-state index in [2.05, 4.69) is 0 Å². The van der Waals surface area contributed by atoms with Crippen molar-refractivity contribution in [2.24, 2.45) is 12.8 Å². The summed E-state index contributed by atoms with van der Waals surface area (Å²) in [7, 11) is 1.41. The molecule has 3 N–H and O–H groups in total. The quantitative estimate of drug-likeness (QED) is 0.809. The Labute approximate surface area is 150 Å². The van der Waals surface area contributed by atoms with Gasteiger partial charge in [-0.05, 0) is 24.5 Å². The SMILES string of the molecule is Cn1c(=O)cc(N2CCC[C@H](N)C2)n(Cc2ccccc2C(=O)O)c1=O. The molecule has 1 fully saturated rings. The van der Waals surface area contributed by atoms with E-state index in [-0.39, 0.29) is 18.2 Å². The Bertz CT molecular complexity index is 947. The summed E-state index contributed by atoms with van der Waals surface area (Å²) in [5.41, 5.74) is 5.81. The van der Waals surface area contributed by atoms with E-state index in [4.69, 9.17) is 5.73 Å². The Hall–Kier alpha value is -2.87. The number of piperidine rings is 1. The Kier molecular flexibility index (Phi) is 4.94. The first-order valence-electron chi connectivity index (χ1n) is 8.51. The molecule has 0 bridgehead atoms. The third-order valence-corrected chi connectivity index (χ3v) is 4.74. The molecule has 0 saturated carbocycles. The molecule has 26 heavy (non-hydrogen) atoms.